The highest BCUT2D eigenvalue weighted by atomic mass is 31.2. The predicted octanol–water partition coefficient (Wildman–Crippen LogP) is -1.48. The van der Waals surface area contributed by atoms with Gasteiger partial charge in [0.05, 0.1) is 6.61 Å². The summed E-state index contributed by atoms with van der Waals surface area (Å²) in [6.07, 6.45) is -3.76. The number of phosphoric acid groups is 2. The largest absolute Gasteiger partial charge is 0.583 e. The van der Waals surface area contributed by atoms with E-state index in [4.69, 9.17) is 32.4 Å². The van der Waals surface area contributed by atoms with Crippen LogP contribution >= 0.6 is 15.6 Å². The molecule has 6 rings (SSSR count). The van der Waals surface area contributed by atoms with E-state index in [1.807, 2.05) is 0 Å². The first kappa shape index (κ1) is 17.3. The maximum atomic E-state index is 13.0. The molecule has 0 radical (unpaired) electrons. The first-order valence-corrected chi connectivity index (χ1v) is 10.3. The Kier molecular flexibility index (Phi) is 2.92. The van der Waals surface area contributed by atoms with Crippen molar-refractivity contribution in [3.8, 4) is 11.6 Å². The second-order valence-electron chi connectivity index (χ2n) is 6.01. The van der Waals surface area contributed by atoms with Gasteiger partial charge >= 0.3 is 21.3 Å². The van der Waals surface area contributed by atoms with Crippen LogP contribution in [0.1, 0.15) is 6.23 Å². The fraction of sp³-hybridized carbons (Fsp3) is 0.556. The van der Waals surface area contributed by atoms with Crippen molar-refractivity contribution in [2.75, 3.05) is 11.8 Å². The van der Waals surface area contributed by atoms with E-state index in [-0.39, 0.29) is 5.23 Å². The lowest BCUT2D eigenvalue weighted by molar-refractivity contribution is -0.420. The van der Waals surface area contributed by atoms with E-state index in [0.717, 1.165) is 0 Å². The van der Waals surface area contributed by atoms with Crippen LogP contribution in [-0.2, 0) is 41.7 Å². The zero-order valence-corrected chi connectivity index (χ0v) is 14.7. The number of phosphoric ester groups is 1. The number of aromatic hydroxyl groups is 1. The van der Waals surface area contributed by atoms with Gasteiger partial charge < -0.3 is 24.6 Å². The van der Waals surface area contributed by atoms with Gasteiger partial charge in [0.15, 0.2) is 0 Å². The van der Waals surface area contributed by atoms with E-state index < -0.39 is 69.3 Å². The summed E-state index contributed by atoms with van der Waals surface area (Å²) in [7, 11) is -9.83. The Morgan fingerprint density at radius 2 is 1.96 bits per heavy atom. The fourth-order valence-electron chi connectivity index (χ4n) is 3.33. The molecule has 17 nitrogen and oxygen atoms in total. The average molecular weight is 443 g/mol. The quantitative estimate of drug-likeness (QED) is 0.334. The third-order valence-corrected chi connectivity index (χ3v) is 6.81. The highest BCUT2D eigenvalue weighted by molar-refractivity contribution is 7.49. The minimum atomic E-state index is -4.93. The zero-order chi connectivity index (χ0) is 19.7. The van der Waals surface area contributed by atoms with Crippen LogP contribution < -0.4 is 15.4 Å². The molecule has 6 heterocycles. The second kappa shape index (κ2) is 4.75. The lowest BCUT2D eigenvalue weighted by atomic mass is 10.0. The average Bonchev–Trinajstić information content (AvgIpc) is 2.97. The number of nitrogens with zero attached hydrogens (tertiary/aromatic N) is 3. The van der Waals surface area contributed by atoms with Gasteiger partial charge in [0.1, 0.15) is 6.10 Å². The highest BCUT2D eigenvalue weighted by Crippen LogP contribution is 2.75. The van der Waals surface area contributed by atoms with Crippen molar-refractivity contribution in [3.05, 3.63) is 10.5 Å². The van der Waals surface area contributed by atoms with Gasteiger partial charge in [0.2, 0.25) is 17.8 Å². The Morgan fingerprint density at radius 3 is 2.71 bits per heavy atom. The Balaban J connectivity index is 1.80. The van der Waals surface area contributed by atoms with Gasteiger partial charge in [0.25, 0.3) is 17.5 Å². The molecule has 1 spiro atoms. The monoisotopic (exact) mass is 443 g/mol. The minimum absolute atomic E-state index is 0.0406. The first-order chi connectivity index (χ1) is 13.1. The number of hydrogen-bond acceptors (Lipinski definition) is 16. The maximum Gasteiger partial charge on any atom is 0.583 e. The highest BCUT2D eigenvalue weighted by Gasteiger charge is 2.83. The fourth-order valence-corrected chi connectivity index (χ4v) is 5.92. The van der Waals surface area contributed by atoms with Crippen LogP contribution in [-0.4, -0.2) is 49.2 Å². The van der Waals surface area contributed by atoms with Crippen LogP contribution in [0.2, 0.25) is 0 Å². The van der Waals surface area contributed by atoms with E-state index >= 15 is 0 Å². The van der Waals surface area contributed by atoms with Crippen LogP contribution in [0.5, 0.6) is 11.6 Å². The molecule has 3 N–H and O–H groups in total. The molecule has 28 heavy (non-hydrogen) atoms. The van der Waals surface area contributed by atoms with Gasteiger partial charge in [-0.05, 0) is 0 Å². The van der Waals surface area contributed by atoms with Crippen LogP contribution in [0.25, 0.3) is 0 Å². The topological polar surface area (TPSA) is 207 Å². The van der Waals surface area contributed by atoms with Crippen LogP contribution in [0.15, 0.2) is 4.79 Å². The standard InChI is InChI=1S/C9H7N3O14P2/c13-1-2-9-8(16)6(19-2)11-5-3(14)4(10-7(11)15)12(25-28(18,22-8)23-9)24-27(17,20-5)26-21-9/h2,6,13-14,16H,1H2/t2-,6?,8-,9+,27?,28?/m1/s1. The number of fused-ring (bicyclic) bond motifs is 6. The zero-order valence-electron chi connectivity index (χ0n) is 12.9. The molecular weight excluding hydrogens is 436 g/mol. The summed E-state index contributed by atoms with van der Waals surface area (Å²) >= 11 is 0. The number of anilines is 1. The summed E-state index contributed by atoms with van der Waals surface area (Å²) in [6.45, 7) is -0.956. The number of rotatable bonds is 1. The van der Waals surface area contributed by atoms with Crippen molar-refractivity contribution in [1.29, 1.82) is 0 Å². The molecule has 6 atom stereocenters. The Bertz CT molecular complexity index is 1090. The molecule has 3 fully saturated rings. The third-order valence-electron chi connectivity index (χ3n) is 4.46. The molecule has 0 amide bonds. The summed E-state index contributed by atoms with van der Waals surface area (Å²) in [5, 5.41) is 31.2. The van der Waals surface area contributed by atoms with Crippen molar-refractivity contribution in [1.82, 2.24) is 9.55 Å². The predicted molar refractivity (Wildman–Crippen MR) is 73.7 cm³/mol. The summed E-state index contributed by atoms with van der Waals surface area (Å²) in [5.74, 6) is -8.50. The molecular formula is C9H7N3O14P2. The summed E-state index contributed by atoms with van der Waals surface area (Å²) < 4.78 is 61.1. The second-order valence-corrected chi connectivity index (χ2v) is 8.82. The van der Waals surface area contributed by atoms with Crippen molar-refractivity contribution in [2.24, 2.45) is 0 Å². The molecule has 0 saturated carbocycles. The van der Waals surface area contributed by atoms with E-state index in [1.165, 1.54) is 0 Å². The third kappa shape index (κ3) is 1.75. The number of aliphatic hydroxyl groups is 2. The smallest absolute Gasteiger partial charge is 0.500 e. The molecule has 152 valence electrons. The molecule has 0 aliphatic carbocycles. The van der Waals surface area contributed by atoms with Gasteiger partial charge in [-0.15, -0.1) is 13.9 Å². The molecule has 1 aromatic heterocycles. The van der Waals surface area contributed by atoms with Crippen molar-refractivity contribution in [2.45, 2.75) is 23.9 Å². The van der Waals surface area contributed by atoms with Crippen LogP contribution in [0.4, 0.5) is 5.82 Å². The SMILES string of the molecule is O=c1nc2c(O)c3n1C1O[C@H](CO)[C@]45OOP(=O)(O3)ON2OP(=O)(O4)O[C@]15O. The number of aliphatic hydroxyl groups excluding tert-OH is 1. The molecule has 3 unspecified atom stereocenters. The van der Waals surface area contributed by atoms with Crippen LogP contribution in [0, 0.1) is 0 Å². The summed E-state index contributed by atoms with van der Waals surface area (Å²) in [4.78, 5) is 20.9. The van der Waals surface area contributed by atoms with Gasteiger partial charge in [-0.25, -0.2) is 27.5 Å². The van der Waals surface area contributed by atoms with Crippen molar-refractivity contribution in [3.63, 3.8) is 0 Å². The lowest BCUT2D eigenvalue weighted by Crippen LogP contribution is -2.58. The lowest BCUT2D eigenvalue weighted by Gasteiger charge is -2.32. The molecule has 1 aromatic rings. The van der Waals surface area contributed by atoms with E-state index in [2.05, 4.69) is 9.66 Å². The Morgan fingerprint density at radius 1 is 1.21 bits per heavy atom. The van der Waals surface area contributed by atoms with Crippen molar-refractivity contribution < 1.29 is 61.6 Å². The van der Waals surface area contributed by atoms with Gasteiger partial charge in [-0.2, -0.15) is 9.87 Å². The van der Waals surface area contributed by atoms with E-state index in [9.17, 15) is 29.2 Å². The van der Waals surface area contributed by atoms with E-state index in [1.54, 1.807) is 0 Å². The molecule has 3 saturated heterocycles. The summed E-state index contributed by atoms with van der Waals surface area (Å²) in [5.41, 5.74) is -1.24. The minimum Gasteiger partial charge on any atom is -0.500 e. The van der Waals surface area contributed by atoms with Crippen molar-refractivity contribution >= 4 is 21.5 Å². The van der Waals surface area contributed by atoms with Gasteiger partial charge in [-0.1, -0.05) is 5.23 Å². The molecule has 5 aliphatic rings. The number of ether oxygens (including phenoxy) is 1. The first-order valence-electron chi connectivity index (χ1n) is 7.36. The van der Waals surface area contributed by atoms with Crippen LogP contribution in [0.3, 0.4) is 0 Å². The number of aromatic nitrogens is 2. The molecule has 5 aliphatic heterocycles. The molecule has 7 bridgehead atoms. The number of hydrogen-bond donors (Lipinski definition) is 3. The van der Waals surface area contributed by atoms with Gasteiger partial charge in [0, 0.05) is 0 Å². The molecule has 0 aromatic carbocycles. The molecule has 19 heteroatoms. The van der Waals surface area contributed by atoms with E-state index in [0.29, 0.717) is 4.57 Å². The normalized spacial score (nSPS) is 47.4. The Hall–Kier alpha value is -1.62. The summed E-state index contributed by atoms with van der Waals surface area (Å²) in [6, 6.07) is 0. The maximum absolute atomic E-state index is 13.0. The Labute approximate surface area is 151 Å². The van der Waals surface area contributed by atoms with Gasteiger partial charge in [-0.3, -0.25) is 0 Å².